The minimum absolute atomic E-state index is 0.0943. The Kier molecular flexibility index (Phi) is 6.83. The maximum absolute atomic E-state index is 13.6. The van der Waals surface area contributed by atoms with Crippen LogP contribution in [0.15, 0.2) is 63.0 Å². The Morgan fingerprint density at radius 1 is 1.12 bits per heavy atom. The lowest BCUT2D eigenvalue weighted by molar-refractivity contribution is -0.113. The van der Waals surface area contributed by atoms with Gasteiger partial charge in [0.05, 0.1) is 16.8 Å². The van der Waals surface area contributed by atoms with Crippen LogP contribution in [0.4, 0.5) is 5.69 Å². The molecule has 1 N–H and O–H groups in total. The summed E-state index contributed by atoms with van der Waals surface area (Å²) < 4.78 is 2.57. The van der Waals surface area contributed by atoms with Crippen molar-refractivity contribution in [2.45, 2.75) is 32.3 Å². The number of carbonyl (C=O) groups is 1. The highest BCUT2D eigenvalue weighted by Crippen LogP contribution is 2.30. The van der Waals surface area contributed by atoms with Crippen LogP contribution in [0.5, 0.6) is 0 Å². The number of fused-ring (bicyclic) bond motifs is 1. The summed E-state index contributed by atoms with van der Waals surface area (Å²) in [5.74, 6) is -0.0102. The molecule has 2 heterocycles. The van der Waals surface area contributed by atoms with Crippen LogP contribution in [0.25, 0.3) is 15.9 Å². The number of benzene rings is 2. The molecular weight excluding hydrogens is 506 g/mol. The van der Waals surface area contributed by atoms with Gasteiger partial charge in [-0.3, -0.25) is 14.2 Å². The Labute approximate surface area is 203 Å². The van der Waals surface area contributed by atoms with Crippen LogP contribution in [-0.4, -0.2) is 21.2 Å². The summed E-state index contributed by atoms with van der Waals surface area (Å²) >= 11 is 6.21. The normalized spacial score (nSPS) is 11.1. The quantitative estimate of drug-likeness (QED) is 0.242. The molecule has 0 bridgehead atoms. The van der Waals surface area contributed by atoms with Crippen LogP contribution in [0.2, 0.25) is 0 Å². The van der Waals surface area contributed by atoms with E-state index in [9.17, 15) is 9.59 Å². The summed E-state index contributed by atoms with van der Waals surface area (Å²) in [5.41, 5.74) is 3.48. The number of halogens is 1. The number of amides is 1. The van der Waals surface area contributed by atoms with E-state index in [1.807, 2.05) is 62.4 Å². The number of nitrogens with one attached hydrogen (secondary N) is 1. The van der Waals surface area contributed by atoms with E-state index < -0.39 is 0 Å². The van der Waals surface area contributed by atoms with E-state index in [2.05, 4.69) is 28.2 Å². The molecule has 0 fully saturated rings. The summed E-state index contributed by atoms with van der Waals surface area (Å²) in [5, 5.41) is 4.07. The standard InChI is InChI=1S/C24H22BrN3O2S2/c1-4-19-15(3)21-22(32-19)27-24(28(23(21)30)18-11-5-14(2)6-12-18)31-13-20(29)26-17-9-7-16(25)8-10-17/h5-12H,4,13H2,1-3H3,(H,26,29). The van der Waals surface area contributed by atoms with Gasteiger partial charge in [0.25, 0.3) is 5.56 Å². The third-order valence-corrected chi connectivity index (χ3v) is 7.90. The van der Waals surface area contributed by atoms with Crippen molar-refractivity contribution in [1.29, 1.82) is 0 Å². The molecule has 0 saturated heterocycles. The summed E-state index contributed by atoms with van der Waals surface area (Å²) in [4.78, 5) is 32.8. The van der Waals surface area contributed by atoms with Crippen molar-refractivity contribution in [2.24, 2.45) is 0 Å². The fraction of sp³-hybridized carbons (Fsp3) is 0.208. The number of thioether (sulfide) groups is 1. The highest BCUT2D eigenvalue weighted by atomic mass is 79.9. The van der Waals surface area contributed by atoms with E-state index in [4.69, 9.17) is 4.98 Å². The number of thiophene rings is 1. The van der Waals surface area contributed by atoms with Gasteiger partial charge in [-0.15, -0.1) is 11.3 Å². The average Bonchev–Trinajstić information content (AvgIpc) is 3.10. The molecule has 0 saturated carbocycles. The molecule has 1 amide bonds. The molecule has 8 heteroatoms. The van der Waals surface area contributed by atoms with Crippen molar-refractivity contribution < 1.29 is 4.79 Å². The molecule has 0 radical (unpaired) electrons. The second kappa shape index (κ2) is 9.60. The van der Waals surface area contributed by atoms with Gasteiger partial charge in [0.15, 0.2) is 5.16 Å². The van der Waals surface area contributed by atoms with Crippen LogP contribution in [0.3, 0.4) is 0 Å². The Balaban J connectivity index is 1.71. The van der Waals surface area contributed by atoms with Crippen LogP contribution in [0, 0.1) is 13.8 Å². The van der Waals surface area contributed by atoms with Gasteiger partial charge in [-0.25, -0.2) is 4.98 Å². The van der Waals surface area contributed by atoms with Crippen molar-refractivity contribution in [3.05, 3.63) is 79.4 Å². The molecule has 0 unspecified atom stereocenters. The fourth-order valence-electron chi connectivity index (χ4n) is 3.43. The molecule has 32 heavy (non-hydrogen) atoms. The monoisotopic (exact) mass is 527 g/mol. The zero-order valence-corrected chi connectivity index (χ0v) is 21.2. The number of nitrogens with zero attached hydrogens (tertiary/aromatic N) is 2. The Morgan fingerprint density at radius 2 is 1.81 bits per heavy atom. The number of anilines is 1. The first-order chi connectivity index (χ1) is 15.4. The van der Waals surface area contributed by atoms with E-state index in [-0.39, 0.29) is 17.2 Å². The second-order valence-corrected chi connectivity index (χ2v) is 10.3. The fourth-order valence-corrected chi connectivity index (χ4v) is 5.66. The Morgan fingerprint density at radius 3 is 2.47 bits per heavy atom. The third-order valence-electron chi connectivity index (χ3n) is 5.11. The van der Waals surface area contributed by atoms with E-state index in [1.54, 1.807) is 15.9 Å². The Hall–Kier alpha value is -2.42. The molecular formula is C24H22BrN3O2S2. The van der Waals surface area contributed by atoms with Gasteiger partial charge in [-0.1, -0.05) is 52.3 Å². The van der Waals surface area contributed by atoms with Crippen LogP contribution in [-0.2, 0) is 11.2 Å². The molecule has 0 aliphatic heterocycles. The number of rotatable bonds is 6. The van der Waals surface area contributed by atoms with E-state index in [0.29, 0.717) is 10.5 Å². The summed E-state index contributed by atoms with van der Waals surface area (Å²) in [6.45, 7) is 6.07. The first-order valence-corrected chi connectivity index (χ1v) is 12.8. The van der Waals surface area contributed by atoms with Crippen LogP contribution >= 0.6 is 39.0 Å². The first-order valence-electron chi connectivity index (χ1n) is 10.2. The molecule has 5 nitrogen and oxygen atoms in total. The minimum atomic E-state index is -0.154. The second-order valence-electron chi connectivity index (χ2n) is 7.40. The zero-order chi connectivity index (χ0) is 22.8. The summed E-state index contributed by atoms with van der Waals surface area (Å²) in [6.07, 6.45) is 0.856. The molecule has 0 aliphatic rings. The molecule has 4 aromatic rings. The average molecular weight is 528 g/mol. The molecule has 2 aromatic carbocycles. The van der Waals surface area contributed by atoms with E-state index in [0.717, 1.165) is 43.1 Å². The van der Waals surface area contributed by atoms with Gasteiger partial charge < -0.3 is 5.32 Å². The predicted octanol–water partition coefficient (Wildman–Crippen LogP) is 6.12. The molecule has 164 valence electrons. The molecule has 2 aromatic heterocycles. The number of hydrogen-bond donors (Lipinski definition) is 1. The zero-order valence-electron chi connectivity index (χ0n) is 17.9. The number of aryl methyl sites for hydroxylation is 3. The van der Waals surface area contributed by atoms with E-state index in [1.165, 1.54) is 11.8 Å². The van der Waals surface area contributed by atoms with Crippen LogP contribution < -0.4 is 10.9 Å². The molecule has 0 aliphatic carbocycles. The van der Waals surface area contributed by atoms with Crippen LogP contribution in [0.1, 0.15) is 22.9 Å². The van der Waals surface area contributed by atoms with E-state index >= 15 is 0 Å². The predicted molar refractivity (Wildman–Crippen MR) is 138 cm³/mol. The lowest BCUT2D eigenvalue weighted by Gasteiger charge is -2.13. The van der Waals surface area contributed by atoms with Crippen molar-refractivity contribution >= 4 is 60.8 Å². The number of aromatic nitrogens is 2. The first kappa shape index (κ1) is 22.8. The van der Waals surface area contributed by atoms with Crippen molar-refractivity contribution in [1.82, 2.24) is 9.55 Å². The lowest BCUT2D eigenvalue weighted by atomic mass is 10.2. The largest absolute Gasteiger partial charge is 0.325 e. The van der Waals surface area contributed by atoms with Gasteiger partial charge >= 0.3 is 0 Å². The van der Waals surface area contributed by atoms with Gasteiger partial charge in [0.1, 0.15) is 4.83 Å². The van der Waals surface area contributed by atoms with Gasteiger partial charge in [0.2, 0.25) is 5.91 Å². The van der Waals surface area contributed by atoms with Gasteiger partial charge in [-0.05, 0) is 62.2 Å². The SMILES string of the molecule is CCc1sc2nc(SCC(=O)Nc3ccc(Br)cc3)n(-c3ccc(C)cc3)c(=O)c2c1C. The van der Waals surface area contributed by atoms with Gasteiger partial charge in [0, 0.05) is 15.0 Å². The van der Waals surface area contributed by atoms with Gasteiger partial charge in [-0.2, -0.15) is 0 Å². The summed E-state index contributed by atoms with van der Waals surface area (Å²) in [6, 6.07) is 15.2. The van der Waals surface area contributed by atoms with Crippen molar-refractivity contribution in [3.8, 4) is 5.69 Å². The number of hydrogen-bond acceptors (Lipinski definition) is 5. The van der Waals surface area contributed by atoms with Crippen molar-refractivity contribution in [2.75, 3.05) is 11.1 Å². The smallest absolute Gasteiger partial charge is 0.267 e. The maximum atomic E-state index is 13.6. The maximum Gasteiger partial charge on any atom is 0.267 e. The van der Waals surface area contributed by atoms with Crippen molar-refractivity contribution in [3.63, 3.8) is 0 Å². The molecule has 0 atom stereocenters. The highest BCUT2D eigenvalue weighted by molar-refractivity contribution is 9.10. The molecule has 4 rings (SSSR count). The lowest BCUT2D eigenvalue weighted by Crippen LogP contribution is -2.22. The third kappa shape index (κ3) is 4.67. The minimum Gasteiger partial charge on any atom is -0.325 e. The Bertz CT molecular complexity index is 1340. The number of carbonyl (C=O) groups excluding carboxylic acids is 1. The summed E-state index contributed by atoms with van der Waals surface area (Å²) in [7, 11) is 0. The topological polar surface area (TPSA) is 64.0 Å². The highest BCUT2D eigenvalue weighted by Gasteiger charge is 2.19. The molecule has 0 spiro atoms.